The van der Waals surface area contributed by atoms with Crippen LogP contribution < -0.4 is 26.7 Å². The van der Waals surface area contributed by atoms with Gasteiger partial charge in [-0.3, -0.25) is 30.4 Å². The van der Waals surface area contributed by atoms with E-state index in [1.807, 2.05) is 20.8 Å². The fourth-order valence-electron chi connectivity index (χ4n) is 6.00. The molecule has 5 atom stereocenters. The molecule has 0 fully saturated rings. The molecule has 0 aromatic rings. The van der Waals surface area contributed by atoms with Crippen molar-refractivity contribution in [1.82, 2.24) is 26.7 Å². The van der Waals surface area contributed by atoms with E-state index in [0.717, 1.165) is 32.1 Å². The topological polar surface area (TPSA) is 221 Å². The Morgan fingerprint density at radius 2 is 1.07 bits per heavy atom. The third-order valence-electron chi connectivity index (χ3n) is 8.90. The molecule has 1 amide bonds. The highest BCUT2D eigenvalue weighted by atomic mass is 16.6. The number of hydrogen-bond acceptors (Lipinski definition) is 15. The minimum absolute atomic E-state index is 0.0692. The molecule has 0 aromatic heterocycles. The maximum Gasteiger partial charge on any atom is 0.323 e. The van der Waals surface area contributed by atoms with Gasteiger partial charge in [0.15, 0.2) is 6.29 Å². The van der Waals surface area contributed by atoms with Crippen molar-refractivity contribution in [2.24, 2.45) is 0 Å². The maximum atomic E-state index is 12.9. The van der Waals surface area contributed by atoms with Crippen LogP contribution in [0.25, 0.3) is 0 Å². The van der Waals surface area contributed by atoms with Crippen LogP contribution in [0.1, 0.15) is 157 Å². The lowest BCUT2D eigenvalue weighted by atomic mass is 10.0. The van der Waals surface area contributed by atoms with Gasteiger partial charge in [-0.25, -0.2) is 5.48 Å². The molecule has 4 unspecified atom stereocenters. The SMILES string of the molecule is CNOCC(O)NCCNC(O)COCCOCCNC(=O)CC[C@H](NC(O)CCCCCCCCCCCCCCCCC(O)OC(C)(C)C)C(=O)OC(C)(C)C. The van der Waals surface area contributed by atoms with E-state index in [2.05, 4.69) is 26.7 Å². The summed E-state index contributed by atoms with van der Waals surface area (Å²) in [6.45, 7) is 13.4. The summed E-state index contributed by atoms with van der Waals surface area (Å²) < 4.78 is 22.0. The summed E-state index contributed by atoms with van der Waals surface area (Å²) in [6, 6.07) is -0.813. The molecule has 16 heteroatoms. The number of aliphatic hydroxyl groups excluding tert-OH is 4. The van der Waals surface area contributed by atoms with Gasteiger partial charge in [-0.1, -0.05) is 77.0 Å². The summed E-state index contributed by atoms with van der Waals surface area (Å²) in [6.07, 6.45) is 14.7. The molecule has 0 rings (SSSR count). The highest BCUT2D eigenvalue weighted by Crippen LogP contribution is 2.17. The summed E-state index contributed by atoms with van der Waals surface area (Å²) >= 11 is 0. The third kappa shape index (κ3) is 39.9. The molecule has 0 aliphatic carbocycles. The van der Waals surface area contributed by atoms with Gasteiger partial charge in [0.1, 0.15) is 36.9 Å². The van der Waals surface area contributed by atoms with E-state index >= 15 is 0 Å². The number of carbonyl (C=O) groups excluding carboxylic acids is 2. The number of hydroxylamine groups is 1. The molecule has 0 saturated carbocycles. The average Bonchev–Trinajstić information content (AvgIpc) is 3.13. The number of hydrogen-bond donors (Lipinski definition) is 9. The summed E-state index contributed by atoms with van der Waals surface area (Å²) in [5.74, 6) is -0.728. The van der Waals surface area contributed by atoms with Crippen LogP contribution in [-0.4, -0.2) is 134 Å². The van der Waals surface area contributed by atoms with Gasteiger partial charge in [0.2, 0.25) is 5.91 Å². The summed E-state index contributed by atoms with van der Waals surface area (Å²) in [5, 5.41) is 51.6. The van der Waals surface area contributed by atoms with Crippen molar-refractivity contribution in [2.75, 3.05) is 59.7 Å². The lowest BCUT2D eigenvalue weighted by Crippen LogP contribution is -2.46. The van der Waals surface area contributed by atoms with Crippen molar-refractivity contribution in [2.45, 2.75) is 199 Å². The molecule has 58 heavy (non-hydrogen) atoms. The fraction of sp³-hybridized carbons (Fsp3) is 0.952. The number of ether oxygens (including phenoxy) is 4. The number of nitrogens with one attached hydrogen (secondary N) is 5. The Bertz CT molecular complexity index is 971. The first-order valence-electron chi connectivity index (χ1n) is 22.1. The second-order valence-electron chi connectivity index (χ2n) is 17.0. The highest BCUT2D eigenvalue weighted by Gasteiger charge is 2.27. The van der Waals surface area contributed by atoms with Crippen LogP contribution in [0.3, 0.4) is 0 Å². The average molecular weight is 838 g/mol. The third-order valence-corrected chi connectivity index (χ3v) is 8.90. The Morgan fingerprint density at radius 1 is 0.569 bits per heavy atom. The highest BCUT2D eigenvalue weighted by molar-refractivity contribution is 5.79. The lowest BCUT2D eigenvalue weighted by Gasteiger charge is -2.26. The Hall–Kier alpha value is -1.54. The molecule has 0 bridgehead atoms. The van der Waals surface area contributed by atoms with Gasteiger partial charge in [0, 0.05) is 33.1 Å². The second-order valence-corrected chi connectivity index (χ2v) is 17.0. The minimum Gasteiger partial charge on any atom is -0.459 e. The second kappa shape index (κ2) is 36.1. The van der Waals surface area contributed by atoms with E-state index < -0.39 is 42.6 Å². The van der Waals surface area contributed by atoms with Crippen molar-refractivity contribution in [3.8, 4) is 0 Å². The van der Waals surface area contributed by atoms with E-state index in [9.17, 15) is 30.0 Å². The Balaban J connectivity index is 4.02. The van der Waals surface area contributed by atoms with Gasteiger partial charge in [-0.05, 0) is 73.6 Å². The first-order valence-corrected chi connectivity index (χ1v) is 22.1. The van der Waals surface area contributed by atoms with Gasteiger partial charge in [0.25, 0.3) is 0 Å². The van der Waals surface area contributed by atoms with Crippen LogP contribution >= 0.6 is 0 Å². The first-order chi connectivity index (χ1) is 27.5. The van der Waals surface area contributed by atoms with E-state index in [0.29, 0.717) is 25.9 Å². The molecule has 0 saturated heterocycles. The molecule has 0 spiro atoms. The van der Waals surface area contributed by atoms with Crippen LogP contribution in [0.5, 0.6) is 0 Å². The quantitative estimate of drug-likeness (QED) is 0.0185. The molecular weight excluding hydrogens is 750 g/mol. The van der Waals surface area contributed by atoms with Gasteiger partial charge in [-0.15, -0.1) is 0 Å². The van der Waals surface area contributed by atoms with Crippen LogP contribution in [0.15, 0.2) is 0 Å². The molecule has 0 aliphatic rings. The zero-order valence-corrected chi connectivity index (χ0v) is 37.4. The van der Waals surface area contributed by atoms with E-state index in [-0.39, 0.29) is 63.9 Å². The van der Waals surface area contributed by atoms with Crippen LogP contribution in [0, 0.1) is 0 Å². The minimum atomic E-state index is -0.873. The fourth-order valence-corrected chi connectivity index (χ4v) is 6.00. The summed E-state index contributed by atoms with van der Waals surface area (Å²) in [4.78, 5) is 30.3. The number of esters is 1. The summed E-state index contributed by atoms with van der Waals surface area (Å²) in [5.41, 5.74) is 1.47. The van der Waals surface area contributed by atoms with Crippen molar-refractivity contribution >= 4 is 11.9 Å². The van der Waals surface area contributed by atoms with Crippen molar-refractivity contribution in [3.63, 3.8) is 0 Å². The molecule has 346 valence electrons. The largest absolute Gasteiger partial charge is 0.459 e. The van der Waals surface area contributed by atoms with Crippen molar-refractivity contribution in [1.29, 1.82) is 0 Å². The summed E-state index contributed by atoms with van der Waals surface area (Å²) in [7, 11) is 1.60. The van der Waals surface area contributed by atoms with Crippen LogP contribution in [0.2, 0.25) is 0 Å². The predicted octanol–water partition coefficient (Wildman–Crippen LogP) is 3.88. The van der Waals surface area contributed by atoms with Gasteiger partial charge < -0.3 is 44.7 Å². The smallest absolute Gasteiger partial charge is 0.323 e. The molecule has 0 aliphatic heterocycles. The lowest BCUT2D eigenvalue weighted by molar-refractivity contribution is -0.168. The Labute approximate surface area is 350 Å². The van der Waals surface area contributed by atoms with Crippen LogP contribution in [0.4, 0.5) is 0 Å². The standard InChI is InChI=1S/C42H87N5O11/c1-41(2,3)57-39(52)23-21-19-17-15-13-11-9-8-10-12-14-16-18-20-22-36(49)47-34(40(53)58-42(4,5)6)24-25-35(48)46-28-29-54-30-31-55-32-37(50)44-26-27-45-38(51)33-56-43-7/h34,36-39,43-45,47,49-52H,8-33H2,1-7H3,(H,46,48)/t34-,36?,37?,38?,39?/m0/s1. The Morgan fingerprint density at radius 3 is 1.59 bits per heavy atom. The normalized spacial score (nSPS) is 14.9. The van der Waals surface area contributed by atoms with E-state index in [4.69, 9.17) is 23.8 Å². The van der Waals surface area contributed by atoms with E-state index in [1.165, 1.54) is 57.8 Å². The van der Waals surface area contributed by atoms with Crippen molar-refractivity contribution < 1.29 is 53.8 Å². The van der Waals surface area contributed by atoms with Crippen molar-refractivity contribution in [3.05, 3.63) is 0 Å². The van der Waals surface area contributed by atoms with E-state index in [1.54, 1.807) is 27.8 Å². The molecule has 0 radical (unpaired) electrons. The molecular formula is C42H87N5O11. The first kappa shape index (κ1) is 56.5. The molecule has 0 heterocycles. The molecule has 9 N–H and O–H groups in total. The number of amides is 1. The van der Waals surface area contributed by atoms with Crippen LogP contribution in [-0.2, 0) is 33.4 Å². The number of rotatable bonds is 40. The number of unbranched alkanes of at least 4 members (excludes halogenated alkanes) is 13. The number of aliphatic hydroxyl groups is 4. The maximum absolute atomic E-state index is 12.9. The molecule has 0 aromatic carbocycles. The van der Waals surface area contributed by atoms with Gasteiger partial charge in [0.05, 0.1) is 32.0 Å². The van der Waals surface area contributed by atoms with Gasteiger partial charge >= 0.3 is 5.97 Å². The monoisotopic (exact) mass is 838 g/mol. The Kier molecular flexibility index (Phi) is 35.2. The predicted molar refractivity (Wildman–Crippen MR) is 226 cm³/mol. The zero-order valence-electron chi connectivity index (χ0n) is 37.4. The van der Waals surface area contributed by atoms with Gasteiger partial charge in [-0.2, -0.15) is 0 Å². The number of carbonyl (C=O) groups is 2. The zero-order chi connectivity index (χ0) is 43.5. The molecule has 16 nitrogen and oxygen atoms in total.